The van der Waals surface area contributed by atoms with Crippen molar-refractivity contribution in [3.63, 3.8) is 0 Å². The number of nitrogens with one attached hydrogen (secondary N) is 1. The first kappa shape index (κ1) is 17.9. The Morgan fingerprint density at radius 2 is 1.56 bits per heavy atom. The average Bonchev–Trinajstić information content (AvgIpc) is 2.64. The van der Waals surface area contributed by atoms with E-state index in [0.29, 0.717) is 5.56 Å². The summed E-state index contributed by atoms with van der Waals surface area (Å²) in [4.78, 5) is 36.5. The highest BCUT2D eigenvalue weighted by Gasteiger charge is 2.25. The molecule has 0 unspecified atom stereocenters. The Hall–Kier alpha value is -3.41. The molecule has 6 nitrogen and oxygen atoms in total. The van der Waals surface area contributed by atoms with Gasteiger partial charge < -0.3 is 10.4 Å². The van der Waals surface area contributed by atoms with Crippen molar-refractivity contribution in [2.75, 3.05) is 7.05 Å². The van der Waals surface area contributed by atoms with Gasteiger partial charge in [-0.15, -0.1) is 0 Å². The lowest BCUT2D eigenvalue weighted by atomic mass is 10.1. The van der Waals surface area contributed by atoms with Gasteiger partial charge in [-0.3, -0.25) is 9.69 Å². The number of nitrogens with zero attached hydrogens (tertiary/aromatic N) is 1. The minimum absolute atomic E-state index is 0.420. The van der Waals surface area contributed by atoms with Crippen molar-refractivity contribution in [2.45, 2.75) is 6.04 Å². The van der Waals surface area contributed by atoms with Crippen molar-refractivity contribution in [1.82, 2.24) is 10.2 Å². The summed E-state index contributed by atoms with van der Waals surface area (Å²) < 4.78 is 0. The smallest absolute Gasteiger partial charge is 0.330 e. The van der Waals surface area contributed by atoms with Crippen LogP contribution in [-0.4, -0.2) is 35.0 Å². The largest absolute Gasteiger partial charge is 0.479 e. The zero-order valence-electron chi connectivity index (χ0n) is 13.6. The third-order valence-corrected chi connectivity index (χ3v) is 3.50. The molecule has 0 aliphatic heterocycles. The Bertz CT molecular complexity index is 773. The van der Waals surface area contributed by atoms with Crippen LogP contribution < -0.4 is 5.32 Å². The number of amides is 3. The Morgan fingerprint density at radius 3 is 2.12 bits per heavy atom. The molecule has 1 atom stereocenters. The van der Waals surface area contributed by atoms with E-state index in [1.807, 2.05) is 30.3 Å². The SMILES string of the molecule is CN(C(=O)C=Cc1ccccc1)C(=O)N[C@@H](C(=O)O)c1ccccc1. The number of urea groups is 1. The van der Waals surface area contributed by atoms with Gasteiger partial charge in [-0.05, 0) is 17.2 Å². The Labute approximate surface area is 145 Å². The van der Waals surface area contributed by atoms with Gasteiger partial charge in [-0.2, -0.15) is 0 Å². The maximum Gasteiger partial charge on any atom is 0.330 e. The quantitative estimate of drug-likeness (QED) is 0.821. The minimum atomic E-state index is -1.23. The molecule has 25 heavy (non-hydrogen) atoms. The standard InChI is InChI=1S/C19H18N2O4/c1-21(16(22)13-12-14-8-4-2-5-9-14)19(25)20-17(18(23)24)15-10-6-3-7-11-15/h2-13,17H,1H3,(H,20,25)(H,23,24)/t17-/m1/s1. The predicted octanol–water partition coefficient (Wildman–Crippen LogP) is 2.69. The summed E-state index contributed by atoms with van der Waals surface area (Å²) >= 11 is 0. The van der Waals surface area contributed by atoms with Crippen molar-refractivity contribution in [3.8, 4) is 0 Å². The van der Waals surface area contributed by atoms with Gasteiger partial charge in [0.15, 0.2) is 6.04 Å². The van der Waals surface area contributed by atoms with Gasteiger partial charge >= 0.3 is 12.0 Å². The molecule has 2 aromatic carbocycles. The highest BCUT2D eigenvalue weighted by molar-refractivity contribution is 6.02. The fraction of sp³-hybridized carbons (Fsp3) is 0.105. The van der Waals surface area contributed by atoms with E-state index in [4.69, 9.17) is 0 Å². The van der Waals surface area contributed by atoms with Crippen LogP contribution in [0.15, 0.2) is 66.7 Å². The predicted molar refractivity (Wildman–Crippen MR) is 93.6 cm³/mol. The lowest BCUT2D eigenvalue weighted by Gasteiger charge is -2.19. The van der Waals surface area contributed by atoms with E-state index in [-0.39, 0.29) is 0 Å². The maximum atomic E-state index is 12.2. The zero-order valence-corrected chi connectivity index (χ0v) is 13.6. The lowest BCUT2D eigenvalue weighted by Crippen LogP contribution is -2.44. The van der Waals surface area contributed by atoms with Gasteiger partial charge in [-0.1, -0.05) is 60.7 Å². The summed E-state index contributed by atoms with van der Waals surface area (Å²) in [6.45, 7) is 0. The zero-order chi connectivity index (χ0) is 18.2. The number of carboxylic acids is 1. The Morgan fingerprint density at radius 1 is 1.00 bits per heavy atom. The number of rotatable bonds is 5. The molecule has 0 saturated heterocycles. The number of hydrogen-bond acceptors (Lipinski definition) is 3. The lowest BCUT2D eigenvalue weighted by molar-refractivity contribution is -0.139. The van der Waals surface area contributed by atoms with Crippen LogP contribution in [-0.2, 0) is 9.59 Å². The molecular weight excluding hydrogens is 320 g/mol. The molecule has 0 heterocycles. The van der Waals surface area contributed by atoms with Crippen molar-refractivity contribution in [1.29, 1.82) is 0 Å². The fourth-order valence-corrected chi connectivity index (χ4v) is 2.10. The van der Waals surface area contributed by atoms with E-state index in [9.17, 15) is 19.5 Å². The normalized spacial score (nSPS) is 11.7. The second kappa shape index (κ2) is 8.44. The van der Waals surface area contributed by atoms with Gasteiger partial charge in [0.1, 0.15) is 0 Å². The van der Waals surface area contributed by atoms with E-state index in [2.05, 4.69) is 5.32 Å². The monoisotopic (exact) mass is 338 g/mol. The number of likely N-dealkylation sites (N-methyl/N-ethyl adjacent to an activating group) is 1. The number of aliphatic carboxylic acids is 1. The molecule has 2 N–H and O–H groups in total. The van der Waals surface area contributed by atoms with Crippen LogP contribution >= 0.6 is 0 Å². The minimum Gasteiger partial charge on any atom is -0.479 e. The van der Waals surface area contributed by atoms with Gasteiger partial charge in [0.05, 0.1) is 0 Å². The molecule has 0 spiro atoms. The van der Waals surface area contributed by atoms with Crippen molar-refractivity contribution in [2.24, 2.45) is 0 Å². The first-order chi connectivity index (χ1) is 12.0. The molecule has 0 bridgehead atoms. The van der Waals surface area contributed by atoms with E-state index in [0.717, 1.165) is 10.5 Å². The Balaban J connectivity index is 2.04. The van der Waals surface area contributed by atoms with Gasteiger partial charge in [0.25, 0.3) is 5.91 Å². The van der Waals surface area contributed by atoms with Gasteiger partial charge in [0, 0.05) is 13.1 Å². The molecular formula is C19H18N2O4. The Kier molecular flexibility index (Phi) is 6.06. The molecule has 0 aromatic heterocycles. The van der Waals surface area contributed by atoms with Crippen molar-refractivity contribution < 1.29 is 19.5 Å². The molecule has 3 amide bonds. The third-order valence-electron chi connectivity index (χ3n) is 3.50. The van der Waals surface area contributed by atoms with Gasteiger partial charge in [0.2, 0.25) is 0 Å². The molecule has 0 aliphatic carbocycles. The highest BCUT2D eigenvalue weighted by atomic mass is 16.4. The molecule has 0 saturated carbocycles. The van der Waals surface area contributed by atoms with Crippen LogP contribution in [0.5, 0.6) is 0 Å². The second-order valence-electron chi connectivity index (χ2n) is 5.27. The topological polar surface area (TPSA) is 86.7 Å². The molecule has 6 heteroatoms. The van der Waals surface area contributed by atoms with Crippen LogP contribution in [0.2, 0.25) is 0 Å². The van der Waals surface area contributed by atoms with Crippen molar-refractivity contribution >= 4 is 24.0 Å². The summed E-state index contributed by atoms with van der Waals surface area (Å²) in [6.07, 6.45) is 2.84. The summed E-state index contributed by atoms with van der Waals surface area (Å²) in [5.41, 5.74) is 1.24. The first-order valence-electron chi connectivity index (χ1n) is 7.58. The number of hydrogen-bond donors (Lipinski definition) is 2. The van der Waals surface area contributed by atoms with Crippen LogP contribution in [0, 0.1) is 0 Å². The van der Waals surface area contributed by atoms with E-state index in [1.54, 1.807) is 36.4 Å². The summed E-state index contributed by atoms with van der Waals surface area (Å²) in [5, 5.41) is 11.7. The van der Waals surface area contributed by atoms with E-state index < -0.39 is 23.9 Å². The number of carbonyl (C=O) groups is 3. The van der Waals surface area contributed by atoms with Crippen LogP contribution in [0.1, 0.15) is 17.2 Å². The number of benzene rings is 2. The van der Waals surface area contributed by atoms with E-state index in [1.165, 1.54) is 13.1 Å². The van der Waals surface area contributed by atoms with Crippen LogP contribution in [0.3, 0.4) is 0 Å². The highest BCUT2D eigenvalue weighted by Crippen LogP contribution is 2.13. The summed E-state index contributed by atoms with van der Waals surface area (Å²) in [5.74, 6) is -1.77. The van der Waals surface area contributed by atoms with Crippen LogP contribution in [0.25, 0.3) is 6.08 Å². The third kappa shape index (κ3) is 5.04. The first-order valence-corrected chi connectivity index (χ1v) is 7.58. The van der Waals surface area contributed by atoms with E-state index >= 15 is 0 Å². The summed E-state index contributed by atoms with van der Waals surface area (Å²) in [6, 6.07) is 15.4. The number of carbonyl (C=O) groups excluding carboxylic acids is 2. The second-order valence-corrected chi connectivity index (χ2v) is 5.27. The maximum absolute atomic E-state index is 12.2. The number of imide groups is 1. The molecule has 128 valence electrons. The van der Waals surface area contributed by atoms with Gasteiger partial charge in [-0.25, -0.2) is 9.59 Å². The fourth-order valence-electron chi connectivity index (χ4n) is 2.10. The molecule has 2 rings (SSSR count). The average molecular weight is 338 g/mol. The molecule has 2 aromatic rings. The van der Waals surface area contributed by atoms with Crippen LogP contribution in [0.4, 0.5) is 4.79 Å². The molecule has 0 fully saturated rings. The molecule has 0 radical (unpaired) electrons. The molecule has 0 aliphatic rings. The van der Waals surface area contributed by atoms with Crippen molar-refractivity contribution in [3.05, 3.63) is 77.9 Å². The summed E-state index contributed by atoms with van der Waals surface area (Å²) in [7, 11) is 1.29. The number of carboxylic acid groups (broad SMARTS) is 1.